The Hall–Kier alpha value is -0.528. The molecule has 0 fully saturated rings. The van der Waals surface area contributed by atoms with Crippen LogP contribution in [0.2, 0.25) is 0 Å². The van der Waals surface area contributed by atoms with E-state index in [1.807, 2.05) is 25.1 Å². The first-order valence-electron chi connectivity index (χ1n) is 5.57. The Bertz CT molecular complexity index is 428. The van der Waals surface area contributed by atoms with E-state index in [0.29, 0.717) is 6.61 Å². The molecule has 2 rings (SSSR count). The molecule has 0 saturated heterocycles. The number of rotatable bonds is 5. The average Bonchev–Trinajstić information content (AvgIpc) is 2.79. The second-order valence-electron chi connectivity index (χ2n) is 3.49. The van der Waals surface area contributed by atoms with Crippen molar-refractivity contribution >= 4 is 16.3 Å². The summed E-state index contributed by atoms with van der Waals surface area (Å²) < 4.78 is 11.8. The first kappa shape index (κ1) is 12.9. The molecule has 0 saturated carbocycles. The molecular weight excluding hydrogens is 272 g/mol. The third kappa shape index (κ3) is 3.46. The predicted octanol–water partition coefficient (Wildman–Crippen LogP) is 3.12. The predicted molar refractivity (Wildman–Crippen MR) is 66.5 cm³/mol. The van der Waals surface area contributed by atoms with Crippen molar-refractivity contribution in [2.24, 2.45) is 0 Å². The Morgan fingerprint density at radius 1 is 1.41 bits per heavy atom. The summed E-state index contributed by atoms with van der Waals surface area (Å²) in [4.78, 5) is 2.47. The number of benzene rings is 1. The molecule has 90 valence electrons. The Balaban J connectivity index is 2.13. The van der Waals surface area contributed by atoms with Crippen LogP contribution in [0.3, 0.4) is 0 Å². The Kier molecular flexibility index (Phi) is 4.88. The summed E-state index contributed by atoms with van der Waals surface area (Å²) in [5, 5.41) is 0. The van der Waals surface area contributed by atoms with Gasteiger partial charge in [-0.25, -0.2) is 0 Å². The first-order valence-corrected chi connectivity index (χ1v) is 7.02. The second-order valence-corrected chi connectivity index (χ2v) is 5.23. The van der Waals surface area contributed by atoms with Crippen molar-refractivity contribution in [2.45, 2.75) is 18.2 Å². The SMILES string of the molecule is CCO[C](=[Cr])C1=C(Sc2ccccc2)CCO1. The molecule has 0 N–H and O–H groups in total. The van der Waals surface area contributed by atoms with Gasteiger partial charge in [0.2, 0.25) is 0 Å². The zero-order chi connectivity index (χ0) is 12.1. The van der Waals surface area contributed by atoms with E-state index in [9.17, 15) is 0 Å². The molecular formula is C13H14CrO2S. The van der Waals surface area contributed by atoms with Gasteiger partial charge in [0.05, 0.1) is 0 Å². The molecule has 0 radical (unpaired) electrons. The van der Waals surface area contributed by atoms with Crippen LogP contribution in [-0.4, -0.2) is 17.8 Å². The number of hydrogen-bond acceptors (Lipinski definition) is 3. The van der Waals surface area contributed by atoms with Crippen molar-refractivity contribution < 1.29 is 25.3 Å². The monoisotopic (exact) mass is 286 g/mol. The van der Waals surface area contributed by atoms with E-state index in [1.54, 1.807) is 11.8 Å². The molecule has 0 bridgehead atoms. The Morgan fingerprint density at radius 2 is 2.18 bits per heavy atom. The molecule has 1 aliphatic heterocycles. The van der Waals surface area contributed by atoms with Gasteiger partial charge >= 0.3 is 114 Å². The molecule has 1 aromatic rings. The Morgan fingerprint density at radius 3 is 2.88 bits per heavy atom. The van der Waals surface area contributed by atoms with Gasteiger partial charge in [0.15, 0.2) is 0 Å². The van der Waals surface area contributed by atoms with E-state index in [-0.39, 0.29) is 0 Å². The molecule has 0 amide bonds. The fourth-order valence-electron chi connectivity index (χ4n) is 1.54. The van der Waals surface area contributed by atoms with Crippen molar-refractivity contribution in [3.8, 4) is 0 Å². The molecule has 0 spiro atoms. The fraction of sp³-hybridized carbons (Fsp3) is 0.308. The molecule has 1 aromatic carbocycles. The summed E-state index contributed by atoms with van der Waals surface area (Å²) >= 11 is 4.68. The summed E-state index contributed by atoms with van der Waals surface area (Å²) in [6, 6.07) is 10.3. The van der Waals surface area contributed by atoms with Crippen LogP contribution < -0.4 is 0 Å². The fourth-order valence-corrected chi connectivity index (χ4v) is 3.12. The maximum atomic E-state index is 5.62. The van der Waals surface area contributed by atoms with E-state index in [2.05, 4.69) is 28.0 Å². The van der Waals surface area contributed by atoms with Gasteiger partial charge in [-0.15, -0.1) is 0 Å². The van der Waals surface area contributed by atoms with E-state index in [4.69, 9.17) is 9.47 Å². The molecule has 2 nitrogen and oxygen atoms in total. The van der Waals surface area contributed by atoms with Gasteiger partial charge in [0.25, 0.3) is 0 Å². The van der Waals surface area contributed by atoms with Crippen molar-refractivity contribution in [1.29, 1.82) is 0 Å². The van der Waals surface area contributed by atoms with Crippen molar-refractivity contribution in [3.05, 3.63) is 41.0 Å². The van der Waals surface area contributed by atoms with Gasteiger partial charge in [-0.2, -0.15) is 0 Å². The van der Waals surface area contributed by atoms with Crippen LogP contribution in [0, 0.1) is 0 Å². The second kappa shape index (κ2) is 6.42. The van der Waals surface area contributed by atoms with Crippen LogP contribution >= 0.6 is 11.8 Å². The Labute approximate surface area is 114 Å². The van der Waals surface area contributed by atoms with E-state index < -0.39 is 0 Å². The van der Waals surface area contributed by atoms with Crippen molar-refractivity contribution in [1.82, 2.24) is 0 Å². The van der Waals surface area contributed by atoms with Crippen LogP contribution in [0.15, 0.2) is 45.9 Å². The molecule has 0 unspecified atom stereocenters. The molecule has 1 heterocycles. The topological polar surface area (TPSA) is 18.5 Å². The van der Waals surface area contributed by atoms with E-state index >= 15 is 0 Å². The van der Waals surface area contributed by atoms with E-state index in [1.165, 1.54) is 9.80 Å². The van der Waals surface area contributed by atoms with Crippen LogP contribution in [0.1, 0.15) is 13.3 Å². The van der Waals surface area contributed by atoms with Crippen molar-refractivity contribution in [3.63, 3.8) is 0 Å². The van der Waals surface area contributed by atoms with Crippen molar-refractivity contribution in [2.75, 3.05) is 13.2 Å². The minimum absolute atomic E-state index is 0.651. The maximum absolute atomic E-state index is 5.62. The summed E-state index contributed by atoms with van der Waals surface area (Å²) in [7, 11) is 0. The summed E-state index contributed by atoms with van der Waals surface area (Å²) in [6.07, 6.45) is 0.952. The van der Waals surface area contributed by atoms with Crippen LogP contribution in [0.5, 0.6) is 0 Å². The average molecular weight is 286 g/mol. The van der Waals surface area contributed by atoms with Gasteiger partial charge in [-0.05, 0) is 0 Å². The quantitative estimate of drug-likeness (QED) is 0.828. The minimum atomic E-state index is 0.651. The molecule has 4 heteroatoms. The summed E-state index contributed by atoms with van der Waals surface area (Å²) in [5.74, 6) is 0.876. The van der Waals surface area contributed by atoms with Gasteiger partial charge in [-0.3, -0.25) is 0 Å². The zero-order valence-corrected chi connectivity index (χ0v) is 11.7. The molecule has 0 aromatic heterocycles. The van der Waals surface area contributed by atoms with Gasteiger partial charge in [-0.1, -0.05) is 0 Å². The zero-order valence-electron chi connectivity index (χ0n) is 9.64. The summed E-state index contributed by atoms with van der Waals surface area (Å²) in [6.45, 7) is 3.36. The molecule has 1 aliphatic rings. The molecule has 17 heavy (non-hydrogen) atoms. The molecule has 0 aliphatic carbocycles. The van der Waals surface area contributed by atoms with Crippen LogP contribution in [-0.2, 0) is 25.3 Å². The van der Waals surface area contributed by atoms with Gasteiger partial charge in [0, 0.05) is 0 Å². The third-order valence-corrected chi connectivity index (χ3v) is 3.89. The normalized spacial score (nSPS) is 14.9. The van der Waals surface area contributed by atoms with Gasteiger partial charge < -0.3 is 0 Å². The number of thioether (sulfide) groups is 1. The standard InChI is InChI=1S/C13H14O2S.Cr/c1-2-14-10-12-13(8-9-15-12)16-11-6-4-3-5-7-11;/h3-7H,2,8-9H2,1H3;. The van der Waals surface area contributed by atoms with E-state index in [0.717, 1.165) is 23.4 Å². The third-order valence-electron chi connectivity index (χ3n) is 2.27. The van der Waals surface area contributed by atoms with Gasteiger partial charge in [0.1, 0.15) is 0 Å². The van der Waals surface area contributed by atoms with Crippen LogP contribution in [0.25, 0.3) is 0 Å². The molecule has 0 atom stereocenters. The van der Waals surface area contributed by atoms with Crippen LogP contribution in [0.4, 0.5) is 0 Å². The number of hydrogen-bond donors (Lipinski definition) is 0. The summed E-state index contributed by atoms with van der Waals surface area (Å²) in [5.41, 5.74) is 0. The first-order chi connectivity index (χ1) is 8.31. The number of ether oxygens (including phenoxy) is 2.